The fraction of sp³-hybridized carbons (Fsp3) is 0.462. The van der Waals surface area contributed by atoms with Gasteiger partial charge in [-0.3, -0.25) is 4.21 Å². The highest BCUT2D eigenvalue weighted by Crippen LogP contribution is 2.31. The summed E-state index contributed by atoms with van der Waals surface area (Å²) in [5.74, 6) is 0.178. The first kappa shape index (κ1) is 23.6. The third-order valence-electron chi connectivity index (χ3n) is 6.40. The van der Waals surface area contributed by atoms with Crippen LogP contribution >= 0.6 is 11.3 Å². The van der Waals surface area contributed by atoms with E-state index in [4.69, 9.17) is 4.74 Å². The van der Waals surface area contributed by atoms with E-state index in [1.165, 1.54) is 27.8 Å². The molecule has 172 valence electrons. The summed E-state index contributed by atoms with van der Waals surface area (Å²) in [6.45, 7) is 5.80. The number of likely N-dealkylation sites (tertiary alicyclic amines) is 1. The van der Waals surface area contributed by atoms with Crippen LogP contribution < -0.4 is 0 Å². The van der Waals surface area contributed by atoms with Crippen LogP contribution in [0.2, 0.25) is 0 Å². The molecule has 1 aliphatic heterocycles. The van der Waals surface area contributed by atoms with E-state index >= 15 is 0 Å². The maximum atomic E-state index is 13.3. The van der Waals surface area contributed by atoms with E-state index in [1.807, 2.05) is 11.3 Å². The Hall–Kier alpha value is -1.60. The minimum Gasteiger partial charge on any atom is -0.374 e. The molecule has 1 saturated heterocycles. The van der Waals surface area contributed by atoms with Crippen molar-refractivity contribution in [1.82, 2.24) is 4.90 Å². The molecule has 6 heteroatoms. The zero-order chi connectivity index (χ0) is 22.4. The lowest BCUT2D eigenvalue weighted by Gasteiger charge is -2.41. The smallest absolute Gasteiger partial charge is 0.123 e. The second-order valence-electron chi connectivity index (χ2n) is 8.68. The van der Waals surface area contributed by atoms with E-state index < -0.39 is 10.8 Å². The molecule has 0 bridgehead atoms. The Balaban J connectivity index is 1.36. The number of hydrogen-bond donors (Lipinski definition) is 0. The van der Waals surface area contributed by atoms with Crippen molar-refractivity contribution in [1.29, 1.82) is 0 Å². The van der Waals surface area contributed by atoms with Crippen molar-refractivity contribution in [2.45, 2.75) is 49.5 Å². The average Bonchev–Trinajstić information content (AvgIpc) is 3.22. The van der Waals surface area contributed by atoms with Gasteiger partial charge in [-0.1, -0.05) is 31.5 Å². The largest absolute Gasteiger partial charge is 0.374 e. The van der Waals surface area contributed by atoms with Gasteiger partial charge in [0.05, 0.1) is 22.2 Å². The number of rotatable bonds is 10. The molecule has 2 aromatic carbocycles. The summed E-state index contributed by atoms with van der Waals surface area (Å²) in [5, 5.41) is 3.67. The molecule has 32 heavy (non-hydrogen) atoms. The Kier molecular flexibility index (Phi) is 8.11. The Bertz CT molecular complexity index is 1030. The lowest BCUT2D eigenvalue weighted by Crippen LogP contribution is -2.49. The minimum atomic E-state index is -1.20. The normalized spacial score (nSPS) is 17.6. The molecule has 2 heterocycles. The second kappa shape index (κ2) is 11.0. The Morgan fingerprint density at radius 2 is 1.88 bits per heavy atom. The van der Waals surface area contributed by atoms with Gasteiger partial charge in [-0.05, 0) is 72.3 Å². The summed E-state index contributed by atoms with van der Waals surface area (Å²) in [7, 11) is -1.20. The van der Waals surface area contributed by atoms with Crippen molar-refractivity contribution in [3.8, 4) is 0 Å². The first-order valence-corrected chi connectivity index (χ1v) is 13.7. The molecule has 0 saturated carbocycles. The summed E-state index contributed by atoms with van der Waals surface area (Å²) in [4.78, 5) is 3.19. The van der Waals surface area contributed by atoms with Gasteiger partial charge in [0, 0.05) is 35.8 Å². The predicted molar refractivity (Wildman–Crippen MR) is 132 cm³/mol. The SMILES string of the molecule is CCCCOC1(CS(=O)c2ccc(F)cc2)CCN(CCc2csc3ccccc23)CC1. The number of thiophene rings is 1. The molecular formula is C26H32FNO2S2. The van der Waals surface area contributed by atoms with E-state index in [2.05, 4.69) is 41.5 Å². The van der Waals surface area contributed by atoms with Gasteiger partial charge < -0.3 is 9.64 Å². The third kappa shape index (κ3) is 5.84. The molecule has 1 atom stereocenters. The highest BCUT2D eigenvalue weighted by atomic mass is 32.2. The molecule has 3 nitrogen and oxygen atoms in total. The standard InChI is InChI=1S/C26H32FNO2S2/c1-2-3-18-30-26(20-32(29)23-10-8-22(27)9-11-23)13-16-28(17-14-26)15-12-21-19-31-25-7-5-4-6-24(21)25/h4-11,19H,2-3,12-18,20H2,1H3. The number of hydrogen-bond acceptors (Lipinski definition) is 4. The van der Waals surface area contributed by atoms with Crippen LogP contribution in [0.1, 0.15) is 38.2 Å². The van der Waals surface area contributed by atoms with Crippen LogP contribution in [0.3, 0.4) is 0 Å². The van der Waals surface area contributed by atoms with Crippen LogP contribution in [0.25, 0.3) is 10.1 Å². The van der Waals surface area contributed by atoms with Crippen LogP contribution in [0.5, 0.6) is 0 Å². The summed E-state index contributed by atoms with van der Waals surface area (Å²) < 4.78 is 34.1. The topological polar surface area (TPSA) is 29.5 Å². The van der Waals surface area contributed by atoms with Crippen LogP contribution in [0.15, 0.2) is 58.8 Å². The highest BCUT2D eigenvalue weighted by Gasteiger charge is 2.37. The molecule has 1 fully saturated rings. The quantitative estimate of drug-likeness (QED) is 0.336. The fourth-order valence-corrected chi connectivity index (χ4v) is 6.81. The summed E-state index contributed by atoms with van der Waals surface area (Å²) in [5.41, 5.74) is 1.07. The van der Waals surface area contributed by atoms with Gasteiger partial charge in [0.2, 0.25) is 0 Å². The first-order valence-electron chi connectivity index (χ1n) is 11.5. The molecule has 0 spiro atoms. The average molecular weight is 474 g/mol. The first-order chi connectivity index (χ1) is 15.6. The van der Waals surface area contributed by atoms with E-state index in [9.17, 15) is 8.60 Å². The summed E-state index contributed by atoms with van der Waals surface area (Å²) in [6.07, 6.45) is 4.91. The molecule has 1 unspecified atom stereocenters. The van der Waals surface area contributed by atoms with Gasteiger partial charge in [0.25, 0.3) is 0 Å². The number of benzene rings is 2. The van der Waals surface area contributed by atoms with E-state index in [1.54, 1.807) is 12.1 Å². The van der Waals surface area contributed by atoms with Crippen LogP contribution in [0.4, 0.5) is 4.39 Å². The predicted octanol–water partition coefficient (Wildman–Crippen LogP) is 6.04. The van der Waals surface area contributed by atoms with Crippen molar-refractivity contribution >= 4 is 32.2 Å². The monoisotopic (exact) mass is 473 g/mol. The highest BCUT2D eigenvalue weighted by molar-refractivity contribution is 7.85. The van der Waals surface area contributed by atoms with E-state index in [0.717, 1.165) is 51.7 Å². The van der Waals surface area contributed by atoms with E-state index in [-0.39, 0.29) is 11.4 Å². The molecule has 1 aromatic heterocycles. The van der Waals surface area contributed by atoms with Gasteiger partial charge in [-0.2, -0.15) is 0 Å². The summed E-state index contributed by atoms with van der Waals surface area (Å²) >= 11 is 1.82. The molecule has 0 radical (unpaired) electrons. The molecule has 0 amide bonds. The Morgan fingerprint density at radius 3 is 2.62 bits per heavy atom. The third-order valence-corrected chi connectivity index (χ3v) is 9.00. The van der Waals surface area contributed by atoms with Crippen LogP contribution in [-0.2, 0) is 22.0 Å². The fourth-order valence-electron chi connectivity index (χ4n) is 4.36. The van der Waals surface area contributed by atoms with Crippen molar-refractivity contribution in [2.75, 3.05) is 32.0 Å². The minimum absolute atomic E-state index is 0.300. The molecule has 3 aromatic rings. The van der Waals surface area contributed by atoms with E-state index in [0.29, 0.717) is 17.3 Å². The molecule has 1 aliphatic rings. The van der Waals surface area contributed by atoms with Crippen molar-refractivity contribution in [3.63, 3.8) is 0 Å². The Labute approximate surface area is 197 Å². The lowest BCUT2D eigenvalue weighted by atomic mass is 9.92. The van der Waals surface area contributed by atoms with Crippen molar-refractivity contribution in [3.05, 3.63) is 65.3 Å². The van der Waals surface area contributed by atoms with Gasteiger partial charge in [-0.15, -0.1) is 11.3 Å². The number of halogens is 1. The van der Waals surface area contributed by atoms with Gasteiger partial charge in [0.1, 0.15) is 5.82 Å². The Morgan fingerprint density at radius 1 is 1.12 bits per heavy atom. The van der Waals surface area contributed by atoms with Crippen LogP contribution in [-0.4, -0.2) is 46.7 Å². The molecule has 0 aliphatic carbocycles. The maximum absolute atomic E-state index is 13.3. The molecular weight excluding hydrogens is 441 g/mol. The number of fused-ring (bicyclic) bond motifs is 1. The van der Waals surface area contributed by atoms with Gasteiger partial charge >= 0.3 is 0 Å². The second-order valence-corrected chi connectivity index (χ2v) is 11.0. The lowest BCUT2D eigenvalue weighted by molar-refractivity contribution is -0.0685. The zero-order valence-electron chi connectivity index (χ0n) is 18.7. The number of ether oxygens (including phenoxy) is 1. The summed E-state index contributed by atoms with van der Waals surface area (Å²) in [6, 6.07) is 14.6. The number of nitrogens with zero attached hydrogens (tertiary/aromatic N) is 1. The van der Waals surface area contributed by atoms with Crippen molar-refractivity contribution < 1.29 is 13.3 Å². The van der Waals surface area contributed by atoms with Gasteiger partial charge in [-0.25, -0.2) is 4.39 Å². The number of unbranched alkanes of at least 4 members (excludes halogenated alkanes) is 1. The van der Waals surface area contributed by atoms with Gasteiger partial charge in [0.15, 0.2) is 0 Å². The zero-order valence-corrected chi connectivity index (χ0v) is 20.4. The number of piperidine rings is 1. The molecule has 4 rings (SSSR count). The maximum Gasteiger partial charge on any atom is 0.123 e. The van der Waals surface area contributed by atoms with Crippen LogP contribution in [0, 0.1) is 5.82 Å². The molecule has 0 N–H and O–H groups in total. The van der Waals surface area contributed by atoms with Crippen molar-refractivity contribution in [2.24, 2.45) is 0 Å².